The van der Waals surface area contributed by atoms with Crippen LogP contribution in [0.1, 0.15) is 31.4 Å². The number of hydrogen-bond donors (Lipinski definition) is 3. The van der Waals surface area contributed by atoms with Gasteiger partial charge in [-0.2, -0.15) is 4.99 Å². The Labute approximate surface area is 171 Å². The SMILES string of the molecule is NC1=NC(c2cccc(OC(F)(F)F)n2)(C2CC(F)(F)C2)NC(NC2CC(F)(F)C2)=N1. The van der Waals surface area contributed by atoms with Crippen LogP contribution in [0.2, 0.25) is 0 Å². The number of aliphatic imine (C=N–C) groups is 2. The van der Waals surface area contributed by atoms with Crippen molar-refractivity contribution in [1.29, 1.82) is 0 Å². The predicted octanol–water partition coefficient (Wildman–Crippen LogP) is 2.84. The van der Waals surface area contributed by atoms with E-state index in [1.165, 1.54) is 12.1 Å². The molecule has 2 heterocycles. The van der Waals surface area contributed by atoms with Gasteiger partial charge in [0.2, 0.25) is 23.7 Å². The van der Waals surface area contributed by atoms with E-state index in [0.717, 1.165) is 6.07 Å². The quantitative estimate of drug-likeness (QED) is 0.608. The van der Waals surface area contributed by atoms with Crippen LogP contribution < -0.4 is 21.1 Å². The average molecular weight is 454 g/mol. The average Bonchev–Trinajstić information content (AvgIpc) is 2.56. The molecule has 4 rings (SSSR count). The molecule has 0 aromatic carbocycles. The van der Waals surface area contributed by atoms with E-state index in [1.807, 2.05) is 0 Å². The number of guanidine groups is 2. The largest absolute Gasteiger partial charge is 0.574 e. The van der Waals surface area contributed by atoms with Crippen LogP contribution in [0.4, 0.5) is 30.7 Å². The van der Waals surface area contributed by atoms with E-state index < -0.39 is 67.4 Å². The number of rotatable bonds is 4. The number of halogens is 7. The zero-order valence-corrected chi connectivity index (χ0v) is 15.7. The van der Waals surface area contributed by atoms with Crippen molar-refractivity contribution in [1.82, 2.24) is 15.6 Å². The van der Waals surface area contributed by atoms with Gasteiger partial charge in [-0.1, -0.05) is 6.07 Å². The molecule has 14 heteroatoms. The molecule has 0 bridgehead atoms. The van der Waals surface area contributed by atoms with E-state index in [-0.39, 0.29) is 17.6 Å². The van der Waals surface area contributed by atoms with Crippen LogP contribution in [0.25, 0.3) is 0 Å². The summed E-state index contributed by atoms with van der Waals surface area (Å²) in [5, 5.41) is 5.48. The molecule has 2 saturated carbocycles. The van der Waals surface area contributed by atoms with Crippen molar-refractivity contribution >= 4 is 11.9 Å². The van der Waals surface area contributed by atoms with Crippen LogP contribution in [0, 0.1) is 5.92 Å². The number of nitrogens with one attached hydrogen (secondary N) is 2. The van der Waals surface area contributed by atoms with Gasteiger partial charge < -0.3 is 21.1 Å². The first-order valence-electron chi connectivity index (χ1n) is 9.23. The fourth-order valence-corrected chi connectivity index (χ4v) is 3.86. The molecule has 1 aliphatic heterocycles. The van der Waals surface area contributed by atoms with Crippen LogP contribution in [0.5, 0.6) is 5.88 Å². The van der Waals surface area contributed by atoms with Crippen molar-refractivity contribution < 1.29 is 35.5 Å². The molecular weight excluding hydrogens is 437 g/mol. The molecule has 2 aliphatic carbocycles. The molecule has 0 saturated heterocycles. The van der Waals surface area contributed by atoms with E-state index in [1.54, 1.807) is 0 Å². The number of hydrogen-bond acceptors (Lipinski definition) is 7. The lowest BCUT2D eigenvalue weighted by atomic mass is 9.71. The van der Waals surface area contributed by atoms with Gasteiger partial charge in [-0.05, 0) is 6.07 Å². The zero-order valence-electron chi connectivity index (χ0n) is 15.7. The summed E-state index contributed by atoms with van der Waals surface area (Å²) in [4.78, 5) is 11.8. The molecular formula is C17H17F7N6O. The van der Waals surface area contributed by atoms with Crippen LogP contribution in [0.3, 0.4) is 0 Å². The first-order valence-corrected chi connectivity index (χ1v) is 9.23. The number of nitrogens with two attached hydrogens (primary N) is 1. The van der Waals surface area contributed by atoms with Crippen LogP contribution in [-0.2, 0) is 5.66 Å². The predicted molar refractivity (Wildman–Crippen MR) is 93.6 cm³/mol. The Bertz CT molecular complexity index is 918. The van der Waals surface area contributed by atoms with Gasteiger partial charge in [0.1, 0.15) is 0 Å². The molecule has 1 aromatic heterocycles. The van der Waals surface area contributed by atoms with Crippen molar-refractivity contribution in [2.24, 2.45) is 21.6 Å². The molecule has 1 atom stereocenters. The van der Waals surface area contributed by atoms with Gasteiger partial charge in [0.15, 0.2) is 5.66 Å². The van der Waals surface area contributed by atoms with Crippen molar-refractivity contribution in [3.63, 3.8) is 0 Å². The number of nitrogens with zero attached hydrogens (tertiary/aromatic N) is 3. The second-order valence-electron chi connectivity index (χ2n) is 7.80. The van der Waals surface area contributed by atoms with E-state index in [9.17, 15) is 30.7 Å². The van der Waals surface area contributed by atoms with Gasteiger partial charge in [-0.3, -0.25) is 0 Å². The van der Waals surface area contributed by atoms with Gasteiger partial charge in [-0.15, -0.1) is 13.2 Å². The minimum absolute atomic E-state index is 0.104. The Morgan fingerprint density at radius 1 is 1.06 bits per heavy atom. The summed E-state index contributed by atoms with van der Waals surface area (Å²) >= 11 is 0. The third-order valence-electron chi connectivity index (χ3n) is 5.27. The van der Waals surface area contributed by atoms with Crippen LogP contribution in [0.15, 0.2) is 28.2 Å². The molecule has 0 amide bonds. The summed E-state index contributed by atoms with van der Waals surface area (Å²) in [6.07, 6.45) is -7.23. The maximum atomic E-state index is 13.7. The van der Waals surface area contributed by atoms with E-state index in [2.05, 4.69) is 30.3 Å². The highest BCUT2D eigenvalue weighted by molar-refractivity contribution is 5.97. The Morgan fingerprint density at radius 3 is 2.29 bits per heavy atom. The molecule has 1 aromatic rings. The lowest BCUT2D eigenvalue weighted by Gasteiger charge is -2.48. The van der Waals surface area contributed by atoms with Gasteiger partial charge in [0.05, 0.1) is 5.69 Å². The summed E-state index contributed by atoms with van der Waals surface area (Å²) < 4.78 is 95.2. The topological polar surface area (TPSA) is 96.9 Å². The van der Waals surface area contributed by atoms with Crippen LogP contribution >= 0.6 is 0 Å². The Kier molecular flexibility index (Phi) is 4.74. The Balaban J connectivity index is 1.65. The van der Waals surface area contributed by atoms with Crippen molar-refractivity contribution in [3.8, 4) is 5.88 Å². The summed E-state index contributed by atoms with van der Waals surface area (Å²) in [6.45, 7) is 0. The highest BCUT2D eigenvalue weighted by atomic mass is 19.4. The first-order chi connectivity index (χ1) is 14.3. The normalized spacial score (nSPS) is 27.8. The highest BCUT2D eigenvalue weighted by Gasteiger charge is 2.58. The third-order valence-corrected chi connectivity index (χ3v) is 5.27. The number of alkyl halides is 7. The van der Waals surface area contributed by atoms with E-state index in [0.29, 0.717) is 0 Å². The number of pyridine rings is 1. The van der Waals surface area contributed by atoms with Crippen LogP contribution in [-0.4, -0.2) is 41.2 Å². The van der Waals surface area contributed by atoms with Crippen molar-refractivity contribution in [2.45, 2.75) is 55.6 Å². The highest BCUT2D eigenvalue weighted by Crippen LogP contribution is 2.52. The summed E-state index contributed by atoms with van der Waals surface area (Å²) in [6, 6.07) is 2.77. The molecule has 170 valence electrons. The number of ether oxygens (including phenoxy) is 1. The maximum Gasteiger partial charge on any atom is 0.574 e. The van der Waals surface area contributed by atoms with E-state index >= 15 is 0 Å². The van der Waals surface area contributed by atoms with Gasteiger partial charge >= 0.3 is 6.36 Å². The lowest BCUT2D eigenvalue weighted by Crippen LogP contribution is -2.64. The first kappa shape index (κ1) is 21.4. The monoisotopic (exact) mass is 454 g/mol. The molecule has 4 N–H and O–H groups in total. The maximum absolute atomic E-state index is 13.7. The zero-order chi connectivity index (χ0) is 22.7. The fourth-order valence-electron chi connectivity index (χ4n) is 3.86. The minimum Gasteiger partial charge on any atom is -0.388 e. The lowest BCUT2D eigenvalue weighted by molar-refractivity contribution is -0.276. The molecule has 7 nitrogen and oxygen atoms in total. The minimum atomic E-state index is -5.02. The molecule has 3 aliphatic rings. The van der Waals surface area contributed by atoms with Gasteiger partial charge in [0.25, 0.3) is 5.92 Å². The molecule has 31 heavy (non-hydrogen) atoms. The van der Waals surface area contributed by atoms with Gasteiger partial charge in [-0.25, -0.2) is 27.5 Å². The van der Waals surface area contributed by atoms with Crippen molar-refractivity contribution in [3.05, 3.63) is 23.9 Å². The summed E-state index contributed by atoms with van der Waals surface area (Å²) in [5.74, 6) is -8.03. The van der Waals surface area contributed by atoms with Crippen molar-refractivity contribution in [2.75, 3.05) is 0 Å². The molecule has 0 radical (unpaired) electrons. The van der Waals surface area contributed by atoms with E-state index in [4.69, 9.17) is 5.73 Å². The number of aromatic nitrogens is 1. The standard InChI is InChI=1S/C17H17F7N6O/c18-14(19)4-8(5-14)16(10-2-1-3-11(27-10)31-17(22,23)24)29-12(25)28-13(30-16)26-9-6-15(20,21)7-9/h1-3,8-9H,4-7H2,(H4,25,26,28,29,30). The molecule has 2 fully saturated rings. The fraction of sp³-hybridized carbons (Fsp3) is 0.588. The Morgan fingerprint density at radius 2 is 1.71 bits per heavy atom. The second-order valence-corrected chi connectivity index (χ2v) is 7.80. The summed E-state index contributed by atoms with van der Waals surface area (Å²) in [7, 11) is 0. The smallest absolute Gasteiger partial charge is 0.388 e. The second kappa shape index (κ2) is 6.85. The molecule has 1 unspecified atom stereocenters. The van der Waals surface area contributed by atoms with Gasteiger partial charge in [0, 0.05) is 43.7 Å². The third kappa shape index (κ3) is 4.46. The summed E-state index contributed by atoms with van der Waals surface area (Å²) in [5.41, 5.74) is 3.81. The Hall–Kier alpha value is -2.80. The molecule has 0 spiro atoms.